The molecule has 2 atom stereocenters. The molecule has 2 rings (SSSR count). The van der Waals surface area contributed by atoms with Crippen LogP contribution >= 0.6 is 23.4 Å². The molecule has 2 unspecified atom stereocenters. The molecule has 0 aliphatic heterocycles. The second-order valence-corrected chi connectivity index (χ2v) is 7.41. The summed E-state index contributed by atoms with van der Waals surface area (Å²) in [7, 11) is 0. The van der Waals surface area contributed by atoms with E-state index in [2.05, 4.69) is 5.32 Å². The number of primary amides is 1. The quantitative estimate of drug-likeness (QED) is 0.878. The van der Waals surface area contributed by atoms with E-state index in [0.29, 0.717) is 5.25 Å². The Bertz CT molecular complexity index is 495. The molecular formula is C15H21ClN2OS. The van der Waals surface area contributed by atoms with Crippen LogP contribution in [0, 0.1) is 0 Å². The van der Waals surface area contributed by atoms with Crippen molar-refractivity contribution in [2.45, 2.75) is 54.8 Å². The standard InChI is InChI=1S/C15H21ClN2OS/c1-10(2)18-15(14(17)19)8-7-11(9-15)20-13-6-4-3-5-12(13)16/h3-6,10-11,18H,7-9H2,1-2H3,(H2,17,19). The molecule has 1 aromatic carbocycles. The van der Waals surface area contributed by atoms with Crippen molar-refractivity contribution in [1.82, 2.24) is 5.32 Å². The normalized spacial score (nSPS) is 26.1. The summed E-state index contributed by atoms with van der Waals surface area (Å²) < 4.78 is 0. The summed E-state index contributed by atoms with van der Waals surface area (Å²) >= 11 is 7.94. The lowest BCUT2D eigenvalue weighted by Crippen LogP contribution is -2.56. The third-order valence-corrected chi connectivity index (χ3v) is 5.42. The Morgan fingerprint density at radius 3 is 2.80 bits per heavy atom. The van der Waals surface area contributed by atoms with Crippen LogP contribution in [0.3, 0.4) is 0 Å². The lowest BCUT2D eigenvalue weighted by atomic mass is 9.96. The number of hydrogen-bond acceptors (Lipinski definition) is 3. The van der Waals surface area contributed by atoms with Crippen LogP contribution in [-0.4, -0.2) is 22.7 Å². The highest BCUT2D eigenvalue weighted by Crippen LogP contribution is 2.42. The van der Waals surface area contributed by atoms with Crippen LogP contribution in [0.15, 0.2) is 29.2 Å². The second-order valence-electron chi connectivity index (χ2n) is 5.66. The number of amides is 1. The van der Waals surface area contributed by atoms with Crippen molar-refractivity contribution in [2.24, 2.45) is 5.73 Å². The minimum absolute atomic E-state index is 0.242. The number of halogens is 1. The highest BCUT2D eigenvalue weighted by Gasteiger charge is 2.44. The van der Waals surface area contributed by atoms with Gasteiger partial charge < -0.3 is 11.1 Å². The first kappa shape index (κ1) is 15.7. The van der Waals surface area contributed by atoms with E-state index in [4.69, 9.17) is 17.3 Å². The molecule has 20 heavy (non-hydrogen) atoms. The van der Waals surface area contributed by atoms with E-state index in [-0.39, 0.29) is 11.9 Å². The van der Waals surface area contributed by atoms with Gasteiger partial charge in [0.2, 0.25) is 5.91 Å². The van der Waals surface area contributed by atoms with Crippen molar-refractivity contribution in [2.75, 3.05) is 0 Å². The summed E-state index contributed by atoms with van der Waals surface area (Å²) in [5, 5.41) is 4.50. The lowest BCUT2D eigenvalue weighted by molar-refractivity contribution is -0.124. The molecule has 1 saturated carbocycles. The first-order valence-electron chi connectivity index (χ1n) is 6.92. The fourth-order valence-corrected chi connectivity index (χ4v) is 4.37. The van der Waals surface area contributed by atoms with E-state index < -0.39 is 5.54 Å². The van der Waals surface area contributed by atoms with Gasteiger partial charge in [0.15, 0.2) is 0 Å². The van der Waals surface area contributed by atoms with Crippen molar-refractivity contribution in [3.8, 4) is 0 Å². The van der Waals surface area contributed by atoms with Crippen molar-refractivity contribution in [3.05, 3.63) is 29.3 Å². The van der Waals surface area contributed by atoms with E-state index in [0.717, 1.165) is 29.2 Å². The van der Waals surface area contributed by atoms with E-state index >= 15 is 0 Å². The highest BCUT2D eigenvalue weighted by atomic mass is 35.5. The van der Waals surface area contributed by atoms with Gasteiger partial charge in [-0.25, -0.2) is 0 Å². The molecule has 0 radical (unpaired) electrons. The minimum atomic E-state index is -0.562. The average Bonchev–Trinajstić information content (AvgIpc) is 2.76. The van der Waals surface area contributed by atoms with Crippen LogP contribution in [0.2, 0.25) is 5.02 Å². The Hall–Kier alpha value is -0.710. The Morgan fingerprint density at radius 1 is 1.50 bits per heavy atom. The van der Waals surface area contributed by atoms with Gasteiger partial charge in [0.05, 0.1) is 10.6 Å². The molecule has 0 saturated heterocycles. The van der Waals surface area contributed by atoms with Gasteiger partial charge in [0, 0.05) is 16.2 Å². The highest BCUT2D eigenvalue weighted by molar-refractivity contribution is 8.00. The number of nitrogens with one attached hydrogen (secondary N) is 1. The molecule has 5 heteroatoms. The van der Waals surface area contributed by atoms with Gasteiger partial charge in [-0.1, -0.05) is 23.7 Å². The number of carbonyl (C=O) groups excluding carboxylic acids is 1. The molecule has 0 spiro atoms. The summed E-state index contributed by atoms with van der Waals surface area (Å²) in [5.41, 5.74) is 5.07. The van der Waals surface area contributed by atoms with Gasteiger partial charge in [-0.3, -0.25) is 4.79 Å². The molecule has 1 aromatic rings. The molecule has 1 aliphatic carbocycles. The molecule has 3 nitrogen and oxygen atoms in total. The van der Waals surface area contributed by atoms with E-state index in [1.807, 2.05) is 38.1 Å². The van der Waals surface area contributed by atoms with Crippen molar-refractivity contribution in [1.29, 1.82) is 0 Å². The number of nitrogens with two attached hydrogens (primary N) is 1. The Balaban J connectivity index is 2.07. The largest absolute Gasteiger partial charge is 0.368 e. The number of benzene rings is 1. The van der Waals surface area contributed by atoms with Crippen molar-refractivity contribution in [3.63, 3.8) is 0 Å². The molecule has 3 N–H and O–H groups in total. The van der Waals surface area contributed by atoms with E-state index in [9.17, 15) is 4.79 Å². The van der Waals surface area contributed by atoms with Crippen LogP contribution in [-0.2, 0) is 4.79 Å². The third kappa shape index (κ3) is 3.48. The zero-order chi connectivity index (χ0) is 14.8. The van der Waals surface area contributed by atoms with Gasteiger partial charge in [-0.15, -0.1) is 11.8 Å². The van der Waals surface area contributed by atoms with Crippen LogP contribution in [0.5, 0.6) is 0 Å². The van der Waals surface area contributed by atoms with Gasteiger partial charge >= 0.3 is 0 Å². The molecule has 0 aromatic heterocycles. The zero-order valence-electron chi connectivity index (χ0n) is 11.9. The fourth-order valence-electron chi connectivity index (χ4n) is 2.80. The predicted molar refractivity (Wildman–Crippen MR) is 85.1 cm³/mol. The van der Waals surface area contributed by atoms with Crippen molar-refractivity contribution >= 4 is 29.3 Å². The summed E-state index contributed by atoms with van der Waals surface area (Å²) in [6.45, 7) is 4.08. The molecule has 1 fully saturated rings. The Morgan fingerprint density at radius 2 is 2.20 bits per heavy atom. The molecule has 110 valence electrons. The van der Waals surface area contributed by atoms with Gasteiger partial charge in [0.25, 0.3) is 0 Å². The smallest absolute Gasteiger partial charge is 0.237 e. The Kier molecular flexibility index (Phi) is 4.99. The fraction of sp³-hybridized carbons (Fsp3) is 0.533. The number of hydrogen-bond donors (Lipinski definition) is 2. The van der Waals surface area contributed by atoms with Gasteiger partial charge in [-0.2, -0.15) is 0 Å². The third-order valence-electron chi connectivity index (χ3n) is 3.64. The van der Waals surface area contributed by atoms with Gasteiger partial charge in [-0.05, 0) is 45.2 Å². The van der Waals surface area contributed by atoms with Crippen LogP contribution in [0.1, 0.15) is 33.1 Å². The average molecular weight is 313 g/mol. The van der Waals surface area contributed by atoms with Crippen molar-refractivity contribution < 1.29 is 4.79 Å². The summed E-state index contributed by atoms with van der Waals surface area (Å²) in [5.74, 6) is -0.242. The van der Waals surface area contributed by atoms with Crippen LogP contribution in [0.25, 0.3) is 0 Å². The predicted octanol–water partition coefficient (Wildman–Crippen LogP) is 3.21. The topological polar surface area (TPSA) is 55.1 Å². The lowest BCUT2D eigenvalue weighted by Gasteiger charge is -2.29. The number of thioether (sulfide) groups is 1. The maximum atomic E-state index is 11.8. The van der Waals surface area contributed by atoms with Crippen LogP contribution < -0.4 is 11.1 Å². The Labute approximate surface area is 129 Å². The summed E-state index contributed by atoms with van der Waals surface area (Å²) in [4.78, 5) is 12.9. The minimum Gasteiger partial charge on any atom is -0.368 e. The van der Waals surface area contributed by atoms with Crippen LogP contribution in [0.4, 0.5) is 0 Å². The van der Waals surface area contributed by atoms with Gasteiger partial charge in [0.1, 0.15) is 0 Å². The number of rotatable bonds is 5. The number of carbonyl (C=O) groups is 1. The monoisotopic (exact) mass is 312 g/mol. The molecule has 0 bridgehead atoms. The molecular weight excluding hydrogens is 292 g/mol. The second kappa shape index (κ2) is 6.37. The maximum absolute atomic E-state index is 11.8. The SMILES string of the molecule is CC(C)NC1(C(N)=O)CCC(Sc2ccccc2Cl)C1. The molecule has 1 amide bonds. The first-order valence-corrected chi connectivity index (χ1v) is 8.17. The zero-order valence-corrected chi connectivity index (χ0v) is 13.4. The maximum Gasteiger partial charge on any atom is 0.237 e. The van der Waals surface area contributed by atoms with E-state index in [1.165, 1.54) is 0 Å². The first-order chi connectivity index (χ1) is 9.43. The summed E-state index contributed by atoms with van der Waals surface area (Å²) in [6, 6.07) is 8.07. The van der Waals surface area contributed by atoms with E-state index in [1.54, 1.807) is 11.8 Å². The molecule has 1 aliphatic rings. The molecule has 0 heterocycles. The summed E-state index contributed by atoms with van der Waals surface area (Å²) in [6.07, 6.45) is 2.53.